The molecule has 0 aliphatic carbocycles. The normalized spacial score (nSPS) is 16.9. The minimum Gasteiger partial charge on any atom is -0.490 e. The van der Waals surface area contributed by atoms with Crippen molar-refractivity contribution in [2.75, 3.05) is 26.2 Å². The Morgan fingerprint density at radius 2 is 2.14 bits per heavy atom. The molecule has 1 saturated heterocycles. The van der Waals surface area contributed by atoms with Crippen LogP contribution in [-0.4, -0.2) is 43.2 Å². The summed E-state index contributed by atoms with van der Waals surface area (Å²) in [7, 11) is 0. The third-order valence-corrected chi connectivity index (χ3v) is 3.78. The summed E-state index contributed by atoms with van der Waals surface area (Å²) in [4.78, 5) is 2.49. The zero-order chi connectivity index (χ0) is 15.1. The summed E-state index contributed by atoms with van der Waals surface area (Å²) in [6.45, 7) is 8.68. The van der Waals surface area contributed by atoms with E-state index in [1.807, 2.05) is 18.2 Å². The quantitative estimate of drug-likeness (QED) is 0.873. The van der Waals surface area contributed by atoms with Gasteiger partial charge in [-0.3, -0.25) is 0 Å². The van der Waals surface area contributed by atoms with Gasteiger partial charge in [-0.05, 0) is 31.0 Å². The Kier molecular flexibility index (Phi) is 6.04. The number of nitrogens with zero attached hydrogens (tertiary/aromatic N) is 2. The molecule has 1 aliphatic rings. The molecule has 0 atom stereocenters. The third kappa shape index (κ3) is 5.37. The molecule has 4 nitrogen and oxygen atoms in total. The third-order valence-electron chi connectivity index (χ3n) is 3.78. The molecule has 0 saturated carbocycles. The van der Waals surface area contributed by atoms with Crippen LogP contribution in [0.4, 0.5) is 0 Å². The predicted molar refractivity (Wildman–Crippen MR) is 84.4 cm³/mol. The van der Waals surface area contributed by atoms with Crippen LogP contribution in [0, 0.1) is 11.3 Å². The second-order valence-corrected chi connectivity index (χ2v) is 5.91. The molecule has 1 aromatic carbocycles. The van der Waals surface area contributed by atoms with E-state index in [0.717, 1.165) is 44.8 Å². The Labute approximate surface area is 127 Å². The number of likely N-dealkylation sites (tertiary alicyclic amines) is 1. The van der Waals surface area contributed by atoms with Crippen molar-refractivity contribution in [1.29, 1.82) is 5.26 Å². The highest BCUT2D eigenvalue weighted by Gasteiger charge is 2.20. The minimum atomic E-state index is 0.272. The number of rotatable bonds is 6. The van der Waals surface area contributed by atoms with Gasteiger partial charge in [0.15, 0.2) is 0 Å². The Bertz CT molecular complexity index is 473. The molecule has 114 valence electrons. The Morgan fingerprint density at radius 3 is 2.81 bits per heavy atom. The van der Waals surface area contributed by atoms with Crippen molar-refractivity contribution in [3.8, 4) is 11.8 Å². The van der Waals surface area contributed by atoms with Gasteiger partial charge in [0.2, 0.25) is 0 Å². The van der Waals surface area contributed by atoms with E-state index in [1.54, 1.807) is 6.07 Å². The molecule has 0 amide bonds. The molecule has 0 radical (unpaired) electrons. The van der Waals surface area contributed by atoms with Gasteiger partial charge in [0.25, 0.3) is 0 Å². The van der Waals surface area contributed by atoms with Crippen molar-refractivity contribution in [1.82, 2.24) is 10.2 Å². The van der Waals surface area contributed by atoms with E-state index < -0.39 is 0 Å². The van der Waals surface area contributed by atoms with E-state index in [1.165, 1.54) is 0 Å². The summed E-state index contributed by atoms with van der Waals surface area (Å²) in [6.07, 6.45) is 2.38. The lowest BCUT2D eigenvalue weighted by molar-refractivity contribution is 0.101. The van der Waals surface area contributed by atoms with Gasteiger partial charge in [-0.1, -0.05) is 19.9 Å². The number of hydrogen-bond donors (Lipinski definition) is 1. The molecule has 0 aromatic heterocycles. The average Bonchev–Trinajstić information content (AvgIpc) is 2.49. The molecule has 4 heteroatoms. The maximum Gasteiger partial charge on any atom is 0.121 e. The van der Waals surface area contributed by atoms with Crippen LogP contribution in [-0.2, 0) is 0 Å². The fraction of sp³-hybridized carbons (Fsp3) is 0.588. The molecule has 0 bridgehead atoms. The van der Waals surface area contributed by atoms with Crippen LogP contribution in [0.1, 0.15) is 32.3 Å². The first-order valence-electron chi connectivity index (χ1n) is 7.80. The second-order valence-electron chi connectivity index (χ2n) is 5.91. The number of benzene rings is 1. The molecule has 1 aromatic rings. The molecule has 1 aliphatic heterocycles. The Hall–Kier alpha value is -1.57. The van der Waals surface area contributed by atoms with Crippen molar-refractivity contribution in [2.24, 2.45) is 0 Å². The van der Waals surface area contributed by atoms with Gasteiger partial charge in [-0.2, -0.15) is 5.26 Å². The zero-order valence-corrected chi connectivity index (χ0v) is 13.0. The second kappa shape index (κ2) is 8.02. The Morgan fingerprint density at radius 1 is 1.38 bits per heavy atom. The van der Waals surface area contributed by atoms with Crippen molar-refractivity contribution in [2.45, 2.75) is 38.8 Å². The molecule has 1 N–H and O–H groups in total. The fourth-order valence-corrected chi connectivity index (χ4v) is 2.59. The van der Waals surface area contributed by atoms with Gasteiger partial charge in [-0.15, -0.1) is 0 Å². The van der Waals surface area contributed by atoms with Crippen LogP contribution in [0.25, 0.3) is 0 Å². The van der Waals surface area contributed by atoms with Crippen molar-refractivity contribution < 1.29 is 4.74 Å². The van der Waals surface area contributed by atoms with Gasteiger partial charge >= 0.3 is 0 Å². The summed E-state index contributed by atoms with van der Waals surface area (Å²) < 4.78 is 6.00. The first kappa shape index (κ1) is 15.8. The van der Waals surface area contributed by atoms with Gasteiger partial charge < -0.3 is 15.0 Å². The topological polar surface area (TPSA) is 48.3 Å². The lowest BCUT2D eigenvalue weighted by Crippen LogP contribution is -2.42. The highest BCUT2D eigenvalue weighted by atomic mass is 16.5. The number of nitriles is 1. The highest BCUT2D eigenvalue weighted by molar-refractivity contribution is 5.36. The Balaban J connectivity index is 1.72. The summed E-state index contributed by atoms with van der Waals surface area (Å²) in [5, 5.41) is 12.4. The van der Waals surface area contributed by atoms with Crippen molar-refractivity contribution >= 4 is 0 Å². The van der Waals surface area contributed by atoms with Crippen molar-refractivity contribution in [3.05, 3.63) is 29.8 Å². The number of nitrogens with one attached hydrogen (secondary N) is 1. The smallest absolute Gasteiger partial charge is 0.121 e. The lowest BCUT2D eigenvalue weighted by Gasteiger charge is -2.32. The SMILES string of the molecule is CC(C)NCCN1CCC(Oc2cccc(C#N)c2)CC1. The number of piperidine rings is 1. The molecular formula is C17H25N3O. The molecular weight excluding hydrogens is 262 g/mol. The molecule has 1 fully saturated rings. The van der Waals surface area contributed by atoms with Crippen LogP contribution in [0.5, 0.6) is 5.75 Å². The van der Waals surface area contributed by atoms with Gasteiger partial charge in [-0.25, -0.2) is 0 Å². The first-order valence-corrected chi connectivity index (χ1v) is 7.80. The lowest BCUT2D eigenvalue weighted by atomic mass is 10.1. The summed E-state index contributed by atoms with van der Waals surface area (Å²) in [5.74, 6) is 0.814. The summed E-state index contributed by atoms with van der Waals surface area (Å²) >= 11 is 0. The standard InChI is InChI=1S/C17H25N3O/c1-14(2)19-8-11-20-9-6-16(7-10-20)21-17-5-3-4-15(12-17)13-18/h3-5,12,14,16,19H,6-11H2,1-2H3. The fourth-order valence-electron chi connectivity index (χ4n) is 2.59. The molecule has 0 unspecified atom stereocenters. The van der Waals surface area contributed by atoms with Gasteiger partial charge in [0.05, 0.1) is 11.6 Å². The van der Waals surface area contributed by atoms with E-state index in [9.17, 15) is 0 Å². The van der Waals surface area contributed by atoms with Crippen LogP contribution >= 0.6 is 0 Å². The molecule has 2 rings (SSSR count). The monoisotopic (exact) mass is 287 g/mol. The van der Waals surface area contributed by atoms with E-state index in [2.05, 4.69) is 30.1 Å². The molecule has 21 heavy (non-hydrogen) atoms. The van der Waals surface area contributed by atoms with Crippen LogP contribution in [0.3, 0.4) is 0 Å². The van der Waals surface area contributed by atoms with Crippen LogP contribution in [0.2, 0.25) is 0 Å². The highest BCUT2D eigenvalue weighted by Crippen LogP contribution is 2.19. The number of hydrogen-bond acceptors (Lipinski definition) is 4. The summed E-state index contributed by atoms with van der Waals surface area (Å²) in [6, 6.07) is 10.1. The number of ether oxygens (including phenoxy) is 1. The van der Waals surface area contributed by atoms with E-state index in [-0.39, 0.29) is 6.10 Å². The predicted octanol–water partition coefficient (Wildman–Crippen LogP) is 2.40. The largest absolute Gasteiger partial charge is 0.490 e. The first-order chi connectivity index (χ1) is 10.2. The van der Waals surface area contributed by atoms with E-state index in [4.69, 9.17) is 10.00 Å². The van der Waals surface area contributed by atoms with E-state index >= 15 is 0 Å². The van der Waals surface area contributed by atoms with E-state index in [0.29, 0.717) is 11.6 Å². The maximum absolute atomic E-state index is 8.91. The molecule has 0 spiro atoms. The summed E-state index contributed by atoms with van der Waals surface area (Å²) in [5.41, 5.74) is 0.657. The average molecular weight is 287 g/mol. The zero-order valence-electron chi connectivity index (χ0n) is 13.0. The maximum atomic E-state index is 8.91. The van der Waals surface area contributed by atoms with Crippen molar-refractivity contribution in [3.63, 3.8) is 0 Å². The molecule has 1 heterocycles. The van der Waals surface area contributed by atoms with Gasteiger partial charge in [0, 0.05) is 32.2 Å². The van der Waals surface area contributed by atoms with Crippen LogP contribution in [0.15, 0.2) is 24.3 Å². The van der Waals surface area contributed by atoms with Crippen LogP contribution < -0.4 is 10.1 Å². The van der Waals surface area contributed by atoms with Gasteiger partial charge in [0.1, 0.15) is 11.9 Å². The minimum absolute atomic E-state index is 0.272.